The van der Waals surface area contributed by atoms with E-state index >= 15 is 0 Å². The number of hydrogen-bond acceptors (Lipinski definition) is 11. The summed E-state index contributed by atoms with van der Waals surface area (Å²) in [5.41, 5.74) is 5.66. The molecule has 0 saturated carbocycles. The molecule has 2 aliphatic rings. The number of nitrogens with one attached hydrogen (secondary N) is 3. The van der Waals surface area contributed by atoms with Gasteiger partial charge in [-0.25, -0.2) is 9.78 Å². The predicted molar refractivity (Wildman–Crippen MR) is 207 cm³/mol. The van der Waals surface area contributed by atoms with E-state index in [1.54, 1.807) is 11.6 Å². The summed E-state index contributed by atoms with van der Waals surface area (Å²) in [7, 11) is 1.70. The highest BCUT2D eigenvalue weighted by molar-refractivity contribution is 6.00. The van der Waals surface area contributed by atoms with Crippen molar-refractivity contribution in [1.29, 1.82) is 0 Å². The Bertz CT molecular complexity index is 1950. The van der Waals surface area contributed by atoms with Gasteiger partial charge < -0.3 is 29.2 Å². The van der Waals surface area contributed by atoms with Crippen molar-refractivity contribution in [3.8, 4) is 0 Å². The Kier molecular flexibility index (Phi) is 14.4. The van der Waals surface area contributed by atoms with E-state index in [1.165, 1.54) is 15.7 Å². The van der Waals surface area contributed by atoms with Gasteiger partial charge in [0, 0.05) is 69.6 Å². The van der Waals surface area contributed by atoms with Crippen LogP contribution < -0.4 is 16.3 Å². The Morgan fingerprint density at radius 3 is 2.41 bits per heavy atom. The molecule has 6 rings (SSSR count). The highest BCUT2D eigenvalue weighted by Crippen LogP contribution is 2.29. The summed E-state index contributed by atoms with van der Waals surface area (Å²) in [6.45, 7) is 10.2. The molecule has 5 heterocycles. The third-order valence-corrected chi connectivity index (χ3v) is 9.98. The molecule has 292 valence electrons. The first kappa shape index (κ1) is 39.3. The van der Waals surface area contributed by atoms with Crippen LogP contribution in [-0.2, 0) is 42.0 Å². The SMILES string of the molecule is CCCCNc1ncc2c(C3=CCN(CCOCCOCCOCCOCCCc4ccc5c(c4)n(C)c(=O)n5[C@H]4CCC(=O)NC4=O)CC3)c[nH]c2n1. The second kappa shape index (κ2) is 19.8. The first-order valence-corrected chi connectivity index (χ1v) is 19.3. The molecule has 0 spiro atoms. The van der Waals surface area contributed by atoms with Crippen molar-refractivity contribution in [2.75, 3.05) is 84.4 Å². The zero-order valence-corrected chi connectivity index (χ0v) is 31.6. The van der Waals surface area contributed by atoms with Crippen molar-refractivity contribution in [1.82, 2.24) is 34.3 Å². The van der Waals surface area contributed by atoms with Crippen LogP contribution in [0.4, 0.5) is 5.95 Å². The molecule has 2 amide bonds. The monoisotopic (exact) mass is 746 g/mol. The minimum absolute atomic E-state index is 0.218. The van der Waals surface area contributed by atoms with Gasteiger partial charge in [0.25, 0.3) is 0 Å². The van der Waals surface area contributed by atoms with Crippen LogP contribution >= 0.6 is 0 Å². The quantitative estimate of drug-likeness (QED) is 0.0795. The number of imidazole rings is 1. The number of imide groups is 1. The van der Waals surface area contributed by atoms with Crippen molar-refractivity contribution in [2.45, 2.75) is 57.9 Å². The summed E-state index contributed by atoms with van der Waals surface area (Å²) >= 11 is 0. The third kappa shape index (κ3) is 10.2. The fourth-order valence-electron chi connectivity index (χ4n) is 6.92. The van der Waals surface area contributed by atoms with Crippen LogP contribution in [0.3, 0.4) is 0 Å². The lowest BCUT2D eigenvalue weighted by Gasteiger charge is -2.26. The zero-order valence-electron chi connectivity index (χ0n) is 31.6. The molecule has 1 saturated heterocycles. The lowest BCUT2D eigenvalue weighted by atomic mass is 10.0. The Hall–Kier alpha value is -4.41. The Morgan fingerprint density at radius 1 is 0.926 bits per heavy atom. The molecular weight excluding hydrogens is 692 g/mol. The zero-order chi connectivity index (χ0) is 37.7. The summed E-state index contributed by atoms with van der Waals surface area (Å²) in [6.07, 6.45) is 11.6. The molecule has 1 fully saturated rings. The summed E-state index contributed by atoms with van der Waals surface area (Å²) in [5, 5.41) is 6.70. The molecule has 54 heavy (non-hydrogen) atoms. The number of aryl methyl sites for hydroxylation is 2. The van der Waals surface area contributed by atoms with Crippen LogP contribution in [0, 0.1) is 0 Å². The molecule has 1 aromatic carbocycles. The number of aromatic nitrogens is 5. The second-order valence-corrected chi connectivity index (χ2v) is 13.8. The number of fused-ring (bicyclic) bond motifs is 2. The number of aromatic amines is 1. The Labute approximate surface area is 315 Å². The van der Waals surface area contributed by atoms with Crippen molar-refractivity contribution in [3.63, 3.8) is 0 Å². The molecule has 0 unspecified atom stereocenters. The Balaban J connectivity index is 0.765. The predicted octanol–water partition coefficient (Wildman–Crippen LogP) is 3.59. The second-order valence-electron chi connectivity index (χ2n) is 13.8. The topological polar surface area (TPSA) is 167 Å². The number of amides is 2. The average molecular weight is 747 g/mol. The number of ether oxygens (including phenoxy) is 4. The number of unbranched alkanes of at least 4 members (excludes halogenated alkanes) is 1. The maximum Gasteiger partial charge on any atom is 0.329 e. The van der Waals surface area contributed by atoms with E-state index in [-0.39, 0.29) is 18.0 Å². The average Bonchev–Trinajstić information content (AvgIpc) is 3.71. The van der Waals surface area contributed by atoms with Gasteiger partial charge >= 0.3 is 5.69 Å². The highest BCUT2D eigenvalue weighted by Gasteiger charge is 2.31. The first-order chi connectivity index (χ1) is 26.4. The number of rotatable bonds is 22. The molecule has 0 radical (unpaired) electrons. The molecule has 2 aliphatic heterocycles. The van der Waals surface area contributed by atoms with Gasteiger partial charge in [0.15, 0.2) is 0 Å². The number of carbonyl (C=O) groups excluding carboxylic acids is 2. The van der Waals surface area contributed by atoms with Crippen LogP contribution in [-0.4, -0.2) is 120 Å². The standard InChI is InChI=1S/C39H54N8O7/c1-3-4-13-40-38-42-27-31-30(26-41-36(31)44-38)29-11-14-46(15-12-29)16-18-52-20-22-54-24-23-53-21-19-51-17-5-6-28-7-8-32-34(25-28)45(2)39(50)47(32)33-9-10-35(48)43-37(33)49/h7-8,11,25-27,33H,3-6,9-10,12-24H2,1-2H3,(H,43,48,49)(H2,40,41,42,44)/t33-/m0/s1. The number of piperidine rings is 1. The summed E-state index contributed by atoms with van der Waals surface area (Å²) in [6, 6.07) is 5.16. The summed E-state index contributed by atoms with van der Waals surface area (Å²) in [4.78, 5) is 51.8. The van der Waals surface area contributed by atoms with Crippen LogP contribution in [0.1, 0.15) is 62.6 Å². The van der Waals surface area contributed by atoms with Gasteiger partial charge in [-0.05, 0) is 55.4 Å². The smallest absolute Gasteiger partial charge is 0.329 e. The lowest BCUT2D eigenvalue weighted by Crippen LogP contribution is -2.44. The first-order valence-electron chi connectivity index (χ1n) is 19.3. The molecule has 4 aromatic rings. The lowest BCUT2D eigenvalue weighted by molar-refractivity contribution is -0.135. The minimum atomic E-state index is -0.683. The van der Waals surface area contributed by atoms with Crippen molar-refractivity contribution >= 4 is 45.4 Å². The molecule has 3 N–H and O–H groups in total. The molecule has 15 nitrogen and oxygen atoms in total. The number of carbonyl (C=O) groups is 2. The van der Waals surface area contributed by atoms with Gasteiger partial charge in [-0.15, -0.1) is 0 Å². The number of benzene rings is 1. The summed E-state index contributed by atoms with van der Waals surface area (Å²) < 4.78 is 25.9. The van der Waals surface area contributed by atoms with Crippen LogP contribution in [0.15, 0.2) is 41.5 Å². The highest BCUT2D eigenvalue weighted by atomic mass is 16.6. The molecule has 0 bridgehead atoms. The van der Waals surface area contributed by atoms with E-state index in [0.29, 0.717) is 70.7 Å². The maximum absolute atomic E-state index is 13.0. The number of nitrogens with zero attached hydrogens (tertiary/aromatic N) is 5. The van der Waals surface area contributed by atoms with Crippen LogP contribution in [0.25, 0.3) is 27.6 Å². The van der Waals surface area contributed by atoms with Crippen LogP contribution in [0.5, 0.6) is 0 Å². The van der Waals surface area contributed by atoms with Gasteiger partial charge in [-0.3, -0.25) is 28.9 Å². The fourth-order valence-corrected chi connectivity index (χ4v) is 6.92. The van der Waals surface area contributed by atoms with Crippen molar-refractivity contribution in [3.05, 3.63) is 58.3 Å². The van der Waals surface area contributed by atoms with Crippen LogP contribution in [0.2, 0.25) is 0 Å². The van der Waals surface area contributed by atoms with E-state index in [2.05, 4.69) is 43.5 Å². The van der Waals surface area contributed by atoms with E-state index in [4.69, 9.17) is 18.9 Å². The van der Waals surface area contributed by atoms with E-state index in [9.17, 15) is 14.4 Å². The molecule has 3 aromatic heterocycles. The maximum atomic E-state index is 13.0. The molecule has 15 heteroatoms. The van der Waals surface area contributed by atoms with Gasteiger partial charge in [0.05, 0.1) is 57.3 Å². The number of H-pyrrole nitrogens is 1. The summed E-state index contributed by atoms with van der Waals surface area (Å²) in [5.74, 6) is -0.0608. The number of hydrogen-bond donors (Lipinski definition) is 3. The number of anilines is 1. The van der Waals surface area contributed by atoms with Gasteiger partial charge in [-0.1, -0.05) is 25.5 Å². The minimum Gasteiger partial charge on any atom is -0.379 e. The Morgan fingerprint density at radius 2 is 1.69 bits per heavy atom. The largest absolute Gasteiger partial charge is 0.379 e. The van der Waals surface area contributed by atoms with Gasteiger partial charge in [0.2, 0.25) is 17.8 Å². The molecule has 0 aliphatic carbocycles. The van der Waals surface area contributed by atoms with E-state index in [0.717, 1.165) is 80.4 Å². The fraction of sp³-hybridized carbons (Fsp3) is 0.564. The van der Waals surface area contributed by atoms with Crippen molar-refractivity contribution in [2.24, 2.45) is 7.05 Å². The normalized spacial score (nSPS) is 16.7. The third-order valence-electron chi connectivity index (χ3n) is 9.98. The molecule has 1 atom stereocenters. The van der Waals surface area contributed by atoms with Crippen molar-refractivity contribution < 1.29 is 28.5 Å². The van der Waals surface area contributed by atoms with E-state index < -0.39 is 11.9 Å². The van der Waals surface area contributed by atoms with Gasteiger partial charge in [-0.2, -0.15) is 4.98 Å². The van der Waals surface area contributed by atoms with E-state index in [1.807, 2.05) is 30.6 Å². The van der Waals surface area contributed by atoms with Gasteiger partial charge in [0.1, 0.15) is 11.7 Å². The molecular formula is C39H54N8O7.